The van der Waals surface area contributed by atoms with Crippen molar-refractivity contribution < 1.29 is 5.11 Å². The fourth-order valence-corrected chi connectivity index (χ4v) is 1.92. The number of hydrogen-bond donors (Lipinski definition) is 3. The Hall–Kier alpha value is -4.25. The van der Waals surface area contributed by atoms with E-state index in [4.69, 9.17) is 12.2 Å². The minimum absolute atomic E-state index is 0.328. The molecule has 1 aromatic rings. The van der Waals surface area contributed by atoms with E-state index in [0.29, 0.717) is 5.11 Å². The highest BCUT2D eigenvalue weighted by Gasteiger charge is 2.11. The predicted molar refractivity (Wildman–Crippen MR) is 117 cm³/mol. The number of aliphatic hydroxyl groups is 1. The third kappa shape index (κ3) is 11.9. The molecule has 0 aliphatic rings. The molecule has 0 aliphatic heterocycles. The van der Waals surface area contributed by atoms with E-state index >= 15 is 0 Å². The van der Waals surface area contributed by atoms with Gasteiger partial charge in [-0.05, 0) is 107 Å². The van der Waals surface area contributed by atoms with Crippen molar-refractivity contribution in [3.63, 3.8) is 0 Å². The van der Waals surface area contributed by atoms with Gasteiger partial charge in [-0.25, -0.2) is 0 Å². The van der Waals surface area contributed by atoms with E-state index in [2.05, 4.69) is 91.7 Å². The molecule has 0 aliphatic carbocycles. The van der Waals surface area contributed by atoms with Gasteiger partial charge in [0.05, 0.1) is 12.1 Å². The van der Waals surface area contributed by atoms with Gasteiger partial charge in [-0.15, -0.1) is 0 Å². The van der Waals surface area contributed by atoms with Crippen molar-refractivity contribution in [2.75, 3.05) is 5.32 Å². The highest BCUT2D eigenvalue weighted by molar-refractivity contribution is 7.80. The summed E-state index contributed by atoms with van der Waals surface area (Å²) in [6.45, 7) is 5.11. The molecule has 138 valence electrons. The van der Waals surface area contributed by atoms with E-state index in [1.165, 1.54) is 6.08 Å². The summed E-state index contributed by atoms with van der Waals surface area (Å²) in [6.07, 6.45) is 0.610. The maximum Gasteiger partial charge on any atom is 0.171 e. The van der Waals surface area contributed by atoms with Crippen LogP contribution in [0.4, 0.5) is 5.69 Å². The summed E-state index contributed by atoms with van der Waals surface area (Å²) < 4.78 is 0. The zero-order chi connectivity index (χ0) is 21.2. The summed E-state index contributed by atoms with van der Waals surface area (Å²) in [5, 5.41) is 16.5. The summed E-state index contributed by atoms with van der Waals surface area (Å²) in [7, 11) is 0. The van der Waals surface area contributed by atoms with Gasteiger partial charge < -0.3 is 15.7 Å². The Morgan fingerprint density at radius 3 is 2.00 bits per heavy atom. The number of aliphatic hydroxyl groups excluding tert-OH is 1. The highest BCUT2D eigenvalue weighted by Crippen LogP contribution is 2.05. The monoisotopic (exact) mass is 392 g/mol. The first kappa shape index (κ1) is 22.8. The molecule has 0 bridgehead atoms. The second kappa shape index (κ2) is 14.9. The van der Waals surface area contributed by atoms with Crippen LogP contribution in [-0.2, 0) is 0 Å². The molecule has 0 saturated carbocycles. The van der Waals surface area contributed by atoms with E-state index < -0.39 is 6.10 Å². The van der Waals surface area contributed by atoms with Gasteiger partial charge in [0.15, 0.2) is 5.11 Å². The lowest BCUT2D eigenvalue weighted by Crippen LogP contribution is -2.42. The minimum Gasteiger partial charge on any atom is -0.386 e. The second-order valence-electron chi connectivity index (χ2n) is 5.11. The van der Waals surface area contributed by atoms with Crippen LogP contribution < -0.4 is 10.6 Å². The molecule has 0 aromatic heterocycles. The number of benzene rings is 1. The lowest BCUT2D eigenvalue weighted by molar-refractivity contribution is 0.190. The maximum absolute atomic E-state index is 10.1. The minimum atomic E-state index is -0.822. The predicted octanol–water partition coefficient (Wildman–Crippen LogP) is 3.92. The number of hydrogen-bond acceptors (Lipinski definition) is 2. The molecule has 29 heavy (non-hydrogen) atoms. The van der Waals surface area contributed by atoms with Crippen molar-refractivity contribution >= 4 is 23.0 Å². The zero-order valence-corrected chi connectivity index (χ0v) is 16.5. The topological polar surface area (TPSA) is 44.3 Å². The van der Waals surface area contributed by atoms with E-state index in [-0.39, 0.29) is 6.04 Å². The van der Waals surface area contributed by atoms with E-state index in [1.54, 1.807) is 6.92 Å². The van der Waals surface area contributed by atoms with Crippen molar-refractivity contribution in [2.45, 2.75) is 19.1 Å². The van der Waals surface area contributed by atoms with Crippen LogP contribution in [0.15, 0.2) is 117 Å². The summed E-state index contributed by atoms with van der Waals surface area (Å²) in [6, 6.07) is 9.18. The molecule has 0 unspecified atom stereocenters. The Morgan fingerprint density at radius 2 is 1.45 bits per heavy atom. The van der Waals surface area contributed by atoms with Crippen LogP contribution in [0.1, 0.15) is 6.92 Å². The summed E-state index contributed by atoms with van der Waals surface area (Å²) in [5.74, 6) is 0. The van der Waals surface area contributed by atoms with Gasteiger partial charge >= 0.3 is 0 Å². The van der Waals surface area contributed by atoms with Crippen molar-refractivity contribution in [2.24, 2.45) is 0 Å². The van der Waals surface area contributed by atoms with Crippen LogP contribution >= 0.6 is 12.2 Å². The Bertz CT molecular complexity index is 1230. The first-order valence-corrected chi connectivity index (χ1v) is 8.71. The van der Waals surface area contributed by atoms with Crippen LogP contribution in [0.5, 0.6) is 0 Å². The number of rotatable bonds is 4. The molecule has 1 aromatic carbocycles. The number of anilines is 1. The van der Waals surface area contributed by atoms with E-state index in [0.717, 1.165) is 5.69 Å². The molecule has 4 heteroatoms. The summed E-state index contributed by atoms with van der Waals surface area (Å²) >= 11 is 5.22. The first-order valence-electron chi connectivity index (χ1n) is 8.30. The SMILES string of the molecule is C=C=C=C=C=C=C=C=C=C=C=C=C=C=C[C@H](O)[C@H](C)NC(=S)Nc1ccccc1. The highest BCUT2D eigenvalue weighted by atomic mass is 32.1. The standard InChI is InChI=1S/C25H16N2OS/c1-3-4-5-6-7-8-9-10-11-12-13-14-18-21-24(28)22(2)26-25(29)27-23-19-16-15-17-20-23/h15-17,19-22,24,28H,1H2,2H3,(H2,26,27,29)/t22-,24-/m0/s1. The third-order valence-corrected chi connectivity index (χ3v) is 3.16. The van der Waals surface area contributed by atoms with Crippen molar-refractivity contribution in [3.05, 3.63) is 117 Å². The molecule has 0 saturated heterocycles. The molecule has 0 fully saturated rings. The quantitative estimate of drug-likeness (QED) is 0.537. The zero-order valence-electron chi connectivity index (χ0n) is 15.7. The molecule has 0 spiro atoms. The van der Waals surface area contributed by atoms with Crippen LogP contribution in [-0.4, -0.2) is 22.4 Å². The molecule has 2 atom stereocenters. The number of para-hydroxylation sites is 1. The molecular formula is C25H16N2OS. The fourth-order valence-electron chi connectivity index (χ4n) is 1.61. The van der Waals surface area contributed by atoms with Gasteiger partial charge in [-0.2, -0.15) is 0 Å². The Kier molecular flexibility index (Phi) is 11.7. The number of thiocarbonyl (C=S) groups is 1. The molecule has 0 radical (unpaired) electrons. The fraction of sp³-hybridized carbons (Fsp3) is 0.120. The summed E-state index contributed by atoms with van der Waals surface area (Å²) in [4.78, 5) is 0. The molecule has 3 nitrogen and oxygen atoms in total. The molecule has 1 rings (SSSR count). The van der Waals surface area contributed by atoms with Crippen LogP contribution in [0, 0.1) is 0 Å². The normalized spacial score (nSPS) is 9.31. The van der Waals surface area contributed by atoms with E-state index in [9.17, 15) is 5.11 Å². The van der Waals surface area contributed by atoms with E-state index in [1.807, 2.05) is 30.3 Å². The van der Waals surface area contributed by atoms with Crippen molar-refractivity contribution in [1.82, 2.24) is 5.32 Å². The lowest BCUT2D eigenvalue weighted by Gasteiger charge is -2.19. The Balaban J connectivity index is 2.77. The van der Waals surface area contributed by atoms with Gasteiger partial charge in [-0.1, -0.05) is 29.7 Å². The molecule has 0 heterocycles. The number of nitrogens with one attached hydrogen (secondary N) is 2. The lowest BCUT2D eigenvalue weighted by atomic mass is 10.2. The van der Waals surface area contributed by atoms with Crippen LogP contribution in [0.3, 0.4) is 0 Å². The van der Waals surface area contributed by atoms with Gasteiger partial charge in [0.25, 0.3) is 0 Å². The van der Waals surface area contributed by atoms with Gasteiger partial charge in [0.2, 0.25) is 0 Å². The Labute approximate surface area is 175 Å². The average molecular weight is 392 g/mol. The molecular weight excluding hydrogens is 376 g/mol. The van der Waals surface area contributed by atoms with Crippen LogP contribution in [0.2, 0.25) is 0 Å². The largest absolute Gasteiger partial charge is 0.386 e. The van der Waals surface area contributed by atoms with Crippen molar-refractivity contribution in [1.29, 1.82) is 0 Å². The maximum atomic E-state index is 10.1. The summed E-state index contributed by atoms with van der Waals surface area (Å²) in [5.41, 5.74) is 33.5. The second-order valence-corrected chi connectivity index (χ2v) is 5.51. The molecule has 3 N–H and O–H groups in total. The van der Waals surface area contributed by atoms with Crippen molar-refractivity contribution in [3.8, 4) is 0 Å². The third-order valence-electron chi connectivity index (χ3n) is 2.94. The van der Waals surface area contributed by atoms with Gasteiger partial charge in [0, 0.05) is 5.69 Å². The first-order chi connectivity index (χ1) is 14.1. The van der Waals surface area contributed by atoms with Gasteiger partial charge in [-0.3, -0.25) is 0 Å². The smallest absolute Gasteiger partial charge is 0.171 e. The average Bonchev–Trinajstić information content (AvgIpc) is 2.71. The Morgan fingerprint density at radius 1 is 0.931 bits per heavy atom. The molecule has 0 amide bonds. The van der Waals surface area contributed by atoms with Gasteiger partial charge in [0.1, 0.15) is 0 Å². The van der Waals surface area contributed by atoms with Crippen LogP contribution in [0.25, 0.3) is 0 Å².